The zero-order chi connectivity index (χ0) is 14.3. The van der Waals surface area contributed by atoms with Crippen molar-refractivity contribution in [2.45, 2.75) is 38.6 Å². The number of aliphatic carboxylic acids is 1. The molecule has 1 heterocycles. The predicted octanol–water partition coefficient (Wildman–Crippen LogP) is 1.16. The Kier molecular flexibility index (Phi) is 5.95. The molecule has 1 unspecified atom stereocenters. The van der Waals surface area contributed by atoms with Crippen LogP contribution in [0.4, 0.5) is 5.69 Å². The lowest BCUT2D eigenvalue weighted by Crippen LogP contribution is -2.26. The number of aromatic nitrogens is 1. The first kappa shape index (κ1) is 15.1. The summed E-state index contributed by atoms with van der Waals surface area (Å²) in [4.78, 5) is 26.1. The first-order chi connectivity index (χ1) is 9.01. The van der Waals surface area contributed by atoms with Gasteiger partial charge >= 0.3 is 5.97 Å². The van der Waals surface area contributed by atoms with Gasteiger partial charge in [-0.25, -0.2) is 0 Å². The van der Waals surface area contributed by atoms with Crippen LogP contribution in [0.5, 0.6) is 0 Å². The molecule has 0 fully saturated rings. The summed E-state index contributed by atoms with van der Waals surface area (Å²) in [5.74, 6) is -1.09. The largest absolute Gasteiger partial charge is 0.481 e. The molecule has 1 aromatic rings. The molecule has 0 aliphatic carbocycles. The number of hydrogen-bond acceptors (Lipinski definition) is 4. The van der Waals surface area contributed by atoms with Gasteiger partial charge in [0.25, 0.3) is 0 Å². The van der Waals surface area contributed by atoms with Crippen LogP contribution in [0.25, 0.3) is 0 Å². The lowest BCUT2D eigenvalue weighted by molar-refractivity contribution is -0.136. The van der Waals surface area contributed by atoms with E-state index in [2.05, 4.69) is 10.3 Å². The average Bonchev–Trinajstić information content (AvgIpc) is 2.31. The lowest BCUT2D eigenvalue weighted by atomic mass is 10.1. The highest BCUT2D eigenvalue weighted by Crippen LogP contribution is 2.08. The summed E-state index contributed by atoms with van der Waals surface area (Å²) in [6, 6.07) is 3.08. The number of rotatable bonds is 7. The van der Waals surface area contributed by atoms with Crippen molar-refractivity contribution in [2.24, 2.45) is 5.73 Å². The Morgan fingerprint density at radius 3 is 2.74 bits per heavy atom. The molecule has 0 radical (unpaired) electrons. The van der Waals surface area contributed by atoms with Crippen molar-refractivity contribution in [2.75, 3.05) is 5.32 Å². The number of anilines is 1. The van der Waals surface area contributed by atoms with Crippen LogP contribution < -0.4 is 11.1 Å². The maximum Gasteiger partial charge on any atom is 0.309 e. The SMILES string of the molecule is CCCC(N)CC(=O)Nc1ccc(CC(=O)O)nc1. The maximum absolute atomic E-state index is 11.6. The topological polar surface area (TPSA) is 105 Å². The van der Waals surface area contributed by atoms with Crippen LogP contribution in [0.3, 0.4) is 0 Å². The van der Waals surface area contributed by atoms with E-state index in [1.54, 1.807) is 12.1 Å². The summed E-state index contributed by atoms with van der Waals surface area (Å²) in [6.45, 7) is 2.02. The van der Waals surface area contributed by atoms with Gasteiger partial charge in [-0.2, -0.15) is 0 Å². The average molecular weight is 265 g/mol. The molecule has 0 saturated carbocycles. The van der Waals surface area contributed by atoms with Crippen molar-refractivity contribution in [1.82, 2.24) is 4.98 Å². The summed E-state index contributed by atoms with van der Waals surface area (Å²) >= 11 is 0. The zero-order valence-corrected chi connectivity index (χ0v) is 10.9. The lowest BCUT2D eigenvalue weighted by Gasteiger charge is -2.10. The highest BCUT2D eigenvalue weighted by Gasteiger charge is 2.09. The number of pyridine rings is 1. The van der Waals surface area contributed by atoms with Crippen LogP contribution in [0, 0.1) is 0 Å². The van der Waals surface area contributed by atoms with Gasteiger partial charge in [0.05, 0.1) is 24.0 Å². The maximum atomic E-state index is 11.6. The number of hydrogen-bond donors (Lipinski definition) is 3. The Morgan fingerprint density at radius 2 is 2.21 bits per heavy atom. The van der Waals surface area contributed by atoms with Crippen LogP contribution in [0.2, 0.25) is 0 Å². The molecule has 6 heteroatoms. The molecular weight excluding hydrogens is 246 g/mol. The van der Waals surface area contributed by atoms with Crippen molar-refractivity contribution in [1.29, 1.82) is 0 Å². The number of nitrogens with two attached hydrogens (primary N) is 1. The van der Waals surface area contributed by atoms with Crippen molar-refractivity contribution < 1.29 is 14.7 Å². The molecule has 0 aromatic carbocycles. The van der Waals surface area contributed by atoms with Gasteiger partial charge in [0.1, 0.15) is 0 Å². The normalized spacial score (nSPS) is 11.9. The van der Waals surface area contributed by atoms with E-state index in [1.165, 1.54) is 6.20 Å². The number of carboxylic acid groups (broad SMARTS) is 1. The Hall–Kier alpha value is -1.95. The molecule has 0 aliphatic heterocycles. The monoisotopic (exact) mass is 265 g/mol. The van der Waals surface area contributed by atoms with Crippen molar-refractivity contribution in [3.05, 3.63) is 24.0 Å². The molecule has 6 nitrogen and oxygen atoms in total. The number of nitrogens with zero attached hydrogens (tertiary/aromatic N) is 1. The molecule has 1 aromatic heterocycles. The first-order valence-electron chi connectivity index (χ1n) is 6.23. The van der Waals surface area contributed by atoms with Gasteiger partial charge in [-0.1, -0.05) is 13.3 Å². The molecule has 0 aliphatic rings. The highest BCUT2D eigenvalue weighted by atomic mass is 16.4. The molecule has 1 atom stereocenters. The summed E-state index contributed by atoms with van der Waals surface area (Å²) in [7, 11) is 0. The number of amides is 1. The van der Waals surface area contributed by atoms with Crippen LogP contribution in [-0.2, 0) is 16.0 Å². The van der Waals surface area contributed by atoms with Crippen LogP contribution >= 0.6 is 0 Å². The standard InChI is InChI=1S/C13H19N3O3/c1-2-3-9(14)6-12(17)16-11-5-4-10(15-8-11)7-13(18)19/h4-5,8-9H,2-3,6-7,14H2,1H3,(H,16,17)(H,18,19). The van der Waals surface area contributed by atoms with Crippen molar-refractivity contribution >= 4 is 17.6 Å². The third kappa shape index (κ3) is 5.96. The van der Waals surface area contributed by atoms with Gasteiger partial charge in [-0.05, 0) is 18.6 Å². The molecule has 19 heavy (non-hydrogen) atoms. The summed E-state index contributed by atoms with van der Waals surface area (Å²) in [5, 5.41) is 11.3. The van der Waals surface area contributed by atoms with Crippen LogP contribution in [0.15, 0.2) is 18.3 Å². The third-order valence-electron chi connectivity index (χ3n) is 2.55. The molecule has 4 N–H and O–H groups in total. The minimum absolute atomic E-state index is 0.129. The number of carbonyl (C=O) groups is 2. The summed E-state index contributed by atoms with van der Waals surface area (Å²) in [6.07, 6.45) is 3.34. The van der Waals surface area contributed by atoms with E-state index in [0.29, 0.717) is 11.4 Å². The molecule has 1 rings (SSSR count). The highest BCUT2D eigenvalue weighted by molar-refractivity contribution is 5.90. The second-order valence-electron chi connectivity index (χ2n) is 4.41. The molecular formula is C13H19N3O3. The van der Waals surface area contributed by atoms with E-state index in [0.717, 1.165) is 12.8 Å². The Labute approximate surface area is 112 Å². The second-order valence-corrected chi connectivity index (χ2v) is 4.41. The van der Waals surface area contributed by atoms with E-state index in [9.17, 15) is 9.59 Å². The van der Waals surface area contributed by atoms with Crippen molar-refractivity contribution in [3.63, 3.8) is 0 Å². The van der Waals surface area contributed by atoms with Gasteiger partial charge in [0, 0.05) is 12.5 Å². The molecule has 0 bridgehead atoms. The summed E-state index contributed by atoms with van der Waals surface area (Å²) in [5.41, 5.74) is 6.77. The first-order valence-corrected chi connectivity index (χ1v) is 6.23. The molecule has 104 valence electrons. The predicted molar refractivity (Wildman–Crippen MR) is 71.7 cm³/mol. The van der Waals surface area contributed by atoms with Crippen LogP contribution in [-0.4, -0.2) is 28.0 Å². The Morgan fingerprint density at radius 1 is 1.47 bits per heavy atom. The quantitative estimate of drug-likeness (QED) is 0.686. The van der Waals surface area contributed by atoms with Crippen molar-refractivity contribution in [3.8, 4) is 0 Å². The summed E-state index contributed by atoms with van der Waals surface area (Å²) < 4.78 is 0. The van der Waals surface area contributed by atoms with Gasteiger partial charge < -0.3 is 16.2 Å². The third-order valence-corrected chi connectivity index (χ3v) is 2.55. The van der Waals surface area contributed by atoms with Gasteiger partial charge in [0.15, 0.2) is 0 Å². The number of carbonyl (C=O) groups excluding carboxylic acids is 1. The smallest absolute Gasteiger partial charge is 0.309 e. The van der Waals surface area contributed by atoms with Gasteiger partial charge in [-0.15, -0.1) is 0 Å². The molecule has 0 spiro atoms. The van der Waals surface area contributed by atoms with E-state index >= 15 is 0 Å². The van der Waals surface area contributed by atoms with Gasteiger partial charge in [-0.3, -0.25) is 14.6 Å². The zero-order valence-electron chi connectivity index (χ0n) is 10.9. The van der Waals surface area contributed by atoms with E-state index < -0.39 is 5.97 Å². The minimum Gasteiger partial charge on any atom is -0.481 e. The fraction of sp³-hybridized carbons (Fsp3) is 0.462. The number of nitrogens with one attached hydrogen (secondary N) is 1. The van der Waals surface area contributed by atoms with Crippen LogP contribution in [0.1, 0.15) is 31.9 Å². The Bertz CT molecular complexity index is 431. The second kappa shape index (κ2) is 7.48. The molecule has 1 amide bonds. The minimum atomic E-state index is -0.935. The molecule has 0 saturated heterocycles. The fourth-order valence-corrected chi connectivity index (χ4v) is 1.68. The number of carboxylic acids is 1. The van der Waals surface area contributed by atoms with E-state index in [1.807, 2.05) is 6.92 Å². The Balaban J connectivity index is 2.48. The van der Waals surface area contributed by atoms with E-state index in [4.69, 9.17) is 10.8 Å². The van der Waals surface area contributed by atoms with Gasteiger partial charge in [0.2, 0.25) is 5.91 Å². The fourth-order valence-electron chi connectivity index (χ4n) is 1.68. The van der Waals surface area contributed by atoms with E-state index in [-0.39, 0.29) is 24.8 Å².